The van der Waals surface area contributed by atoms with Crippen LogP contribution >= 0.6 is 0 Å². The molecular formula is C11H11NO3. The molecule has 0 aliphatic heterocycles. The van der Waals surface area contributed by atoms with Crippen molar-refractivity contribution in [3.8, 4) is 0 Å². The van der Waals surface area contributed by atoms with Crippen LogP contribution in [-0.4, -0.2) is 17.0 Å². The van der Waals surface area contributed by atoms with Crippen molar-refractivity contribution in [2.75, 3.05) is 5.32 Å². The Bertz CT molecular complexity index is 424. The third kappa shape index (κ3) is 2.67. The third-order valence-corrected chi connectivity index (χ3v) is 1.79. The van der Waals surface area contributed by atoms with Gasteiger partial charge in [0.25, 0.3) is 5.91 Å². The number of carbonyl (C=O) groups excluding carboxylic acids is 1. The molecule has 0 radical (unpaired) electrons. The Balaban J connectivity index is 2.99. The van der Waals surface area contributed by atoms with Crippen LogP contribution in [0.5, 0.6) is 0 Å². The standard InChI is InChI=1S/C11H11NO3/c1-7(2)10(13)12-9-6-4-3-5-8(9)11(14)15/h3-6H,1H2,2H3,(H,12,13)(H,14,15). The molecule has 1 rings (SSSR count). The van der Waals surface area contributed by atoms with E-state index in [-0.39, 0.29) is 17.2 Å². The van der Waals surface area contributed by atoms with Crippen molar-refractivity contribution in [2.24, 2.45) is 0 Å². The second-order valence-electron chi connectivity index (χ2n) is 3.09. The van der Waals surface area contributed by atoms with Gasteiger partial charge in [-0.25, -0.2) is 4.79 Å². The van der Waals surface area contributed by atoms with Crippen LogP contribution in [0.4, 0.5) is 5.69 Å². The van der Waals surface area contributed by atoms with E-state index in [0.717, 1.165) is 0 Å². The van der Waals surface area contributed by atoms with E-state index in [1.165, 1.54) is 12.1 Å². The SMILES string of the molecule is C=C(C)C(=O)Nc1ccccc1C(=O)O. The lowest BCUT2D eigenvalue weighted by Crippen LogP contribution is -2.14. The fourth-order valence-corrected chi connectivity index (χ4v) is 1.01. The van der Waals surface area contributed by atoms with E-state index in [1.807, 2.05) is 0 Å². The number of rotatable bonds is 3. The van der Waals surface area contributed by atoms with Crippen LogP contribution in [0.15, 0.2) is 36.4 Å². The summed E-state index contributed by atoms with van der Waals surface area (Å²) in [6.45, 7) is 5.02. The topological polar surface area (TPSA) is 66.4 Å². The molecule has 0 atom stereocenters. The van der Waals surface area contributed by atoms with E-state index in [1.54, 1.807) is 19.1 Å². The fraction of sp³-hybridized carbons (Fsp3) is 0.0909. The average Bonchev–Trinajstić information content (AvgIpc) is 2.18. The smallest absolute Gasteiger partial charge is 0.337 e. The van der Waals surface area contributed by atoms with Gasteiger partial charge in [0.2, 0.25) is 0 Å². The summed E-state index contributed by atoms with van der Waals surface area (Å²) in [5.41, 5.74) is 0.667. The molecule has 0 spiro atoms. The first-order valence-electron chi connectivity index (χ1n) is 4.31. The van der Waals surface area contributed by atoms with E-state index >= 15 is 0 Å². The lowest BCUT2D eigenvalue weighted by atomic mass is 10.1. The molecule has 78 valence electrons. The Hall–Kier alpha value is -2.10. The van der Waals surface area contributed by atoms with E-state index in [2.05, 4.69) is 11.9 Å². The molecule has 1 aromatic rings. The third-order valence-electron chi connectivity index (χ3n) is 1.79. The minimum atomic E-state index is -1.08. The van der Waals surface area contributed by atoms with Gasteiger partial charge in [0.1, 0.15) is 0 Å². The van der Waals surface area contributed by atoms with E-state index in [4.69, 9.17) is 5.11 Å². The van der Waals surface area contributed by atoms with Gasteiger partial charge in [-0.1, -0.05) is 18.7 Å². The zero-order valence-electron chi connectivity index (χ0n) is 8.28. The Kier molecular flexibility index (Phi) is 3.23. The lowest BCUT2D eigenvalue weighted by Gasteiger charge is -2.07. The van der Waals surface area contributed by atoms with Gasteiger partial charge >= 0.3 is 5.97 Å². The molecule has 15 heavy (non-hydrogen) atoms. The minimum Gasteiger partial charge on any atom is -0.478 e. The molecule has 0 bridgehead atoms. The van der Waals surface area contributed by atoms with Crippen LogP contribution in [0.3, 0.4) is 0 Å². The number of hydrogen-bond donors (Lipinski definition) is 2. The molecule has 0 saturated heterocycles. The van der Waals surface area contributed by atoms with E-state index in [0.29, 0.717) is 5.57 Å². The maximum atomic E-state index is 11.3. The first kappa shape index (κ1) is 11.0. The molecule has 4 nitrogen and oxygen atoms in total. The summed E-state index contributed by atoms with van der Waals surface area (Å²) in [5.74, 6) is -1.46. The highest BCUT2D eigenvalue weighted by molar-refractivity contribution is 6.06. The normalized spacial score (nSPS) is 9.40. The highest BCUT2D eigenvalue weighted by atomic mass is 16.4. The van der Waals surface area contributed by atoms with E-state index < -0.39 is 5.97 Å². The van der Waals surface area contributed by atoms with Crippen LogP contribution in [0.2, 0.25) is 0 Å². The van der Waals surface area contributed by atoms with Crippen LogP contribution < -0.4 is 5.32 Å². The number of carboxylic acid groups (broad SMARTS) is 1. The second kappa shape index (κ2) is 4.41. The molecule has 0 saturated carbocycles. The molecule has 2 N–H and O–H groups in total. The number of carbonyl (C=O) groups is 2. The number of carboxylic acids is 1. The largest absolute Gasteiger partial charge is 0.478 e. The highest BCUT2D eigenvalue weighted by Crippen LogP contribution is 2.15. The number of amides is 1. The van der Waals surface area contributed by atoms with Gasteiger partial charge < -0.3 is 10.4 Å². The fourth-order valence-electron chi connectivity index (χ4n) is 1.01. The quantitative estimate of drug-likeness (QED) is 0.740. The molecule has 1 amide bonds. The predicted octanol–water partition coefficient (Wildman–Crippen LogP) is 1.90. The Morgan fingerprint density at radius 3 is 2.47 bits per heavy atom. The van der Waals surface area contributed by atoms with Gasteiger partial charge in [-0.15, -0.1) is 0 Å². The first-order chi connectivity index (χ1) is 7.02. The molecule has 4 heteroatoms. The number of hydrogen-bond acceptors (Lipinski definition) is 2. The molecule has 0 heterocycles. The van der Waals surface area contributed by atoms with E-state index in [9.17, 15) is 9.59 Å². The maximum absolute atomic E-state index is 11.3. The van der Waals surface area contributed by atoms with Crippen LogP contribution in [0, 0.1) is 0 Å². The molecule has 0 aliphatic carbocycles. The number of anilines is 1. The van der Waals surface area contributed by atoms with Crippen molar-refractivity contribution in [1.82, 2.24) is 0 Å². The van der Waals surface area contributed by atoms with Gasteiger partial charge in [-0.05, 0) is 19.1 Å². The van der Waals surface area contributed by atoms with Crippen molar-refractivity contribution >= 4 is 17.6 Å². The summed E-state index contributed by atoms with van der Waals surface area (Å²) in [6.07, 6.45) is 0. The number of benzene rings is 1. The Labute approximate surface area is 87.2 Å². The second-order valence-corrected chi connectivity index (χ2v) is 3.09. The highest BCUT2D eigenvalue weighted by Gasteiger charge is 2.11. The summed E-state index contributed by atoms with van der Waals surface area (Å²) in [4.78, 5) is 22.1. The molecule has 1 aromatic carbocycles. The summed E-state index contributed by atoms with van der Waals surface area (Å²) in [7, 11) is 0. The Morgan fingerprint density at radius 2 is 1.93 bits per heavy atom. The van der Waals surface area contributed by atoms with Crippen LogP contribution in [0.25, 0.3) is 0 Å². The summed E-state index contributed by atoms with van der Waals surface area (Å²) in [5, 5.41) is 11.3. The molecule has 0 aliphatic rings. The van der Waals surface area contributed by atoms with Gasteiger partial charge in [0.15, 0.2) is 0 Å². The minimum absolute atomic E-state index is 0.0621. The van der Waals surface area contributed by atoms with Crippen molar-refractivity contribution in [3.05, 3.63) is 42.0 Å². The van der Waals surface area contributed by atoms with Gasteiger partial charge in [-0.3, -0.25) is 4.79 Å². The van der Waals surface area contributed by atoms with Crippen LogP contribution in [-0.2, 0) is 4.79 Å². The predicted molar refractivity (Wildman–Crippen MR) is 56.8 cm³/mol. The van der Waals surface area contributed by atoms with Gasteiger partial charge in [-0.2, -0.15) is 0 Å². The van der Waals surface area contributed by atoms with Crippen molar-refractivity contribution in [3.63, 3.8) is 0 Å². The molecule has 0 aromatic heterocycles. The molecule has 0 fully saturated rings. The number of nitrogens with one attached hydrogen (secondary N) is 1. The number of para-hydroxylation sites is 1. The first-order valence-corrected chi connectivity index (χ1v) is 4.31. The summed E-state index contributed by atoms with van der Waals surface area (Å²) in [6, 6.07) is 6.21. The molecule has 0 unspecified atom stereocenters. The maximum Gasteiger partial charge on any atom is 0.337 e. The van der Waals surface area contributed by atoms with Crippen molar-refractivity contribution in [1.29, 1.82) is 0 Å². The van der Waals surface area contributed by atoms with Crippen molar-refractivity contribution in [2.45, 2.75) is 6.92 Å². The van der Waals surface area contributed by atoms with Gasteiger partial charge in [0, 0.05) is 5.57 Å². The Morgan fingerprint density at radius 1 is 1.33 bits per heavy atom. The zero-order valence-corrected chi connectivity index (χ0v) is 8.28. The van der Waals surface area contributed by atoms with Crippen molar-refractivity contribution < 1.29 is 14.7 Å². The average molecular weight is 205 g/mol. The summed E-state index contributed by atoms with van der Waals surface area (Å²) < 4.78 is 0. The number of aromatic carboxylic acids is 1. The van der Waals surface area contributed by atoms with Crippen LogP contribution in [0.1, 0.15) is 17.3 Å². The monoisotopic (exact) mass is 205 g/mol. The summed E-state index contributed by atoms with van der Waals surface area (Å²) >= 11 is 0. The molecular weight excluding hydrogens is 194 g/mol. The van der Waals surface area contributed by atoms with Gasteiger partial charge in [0.05, 0.1) is 11.3 Å². The lowest BCUT2D eigenvalue weighted by molar-refractivity contribution is -0.112. The zero-order chi connectivity index (χ0) is 11.4.